The zero-order valence-corrected chi connectivity index (χ0v) is 20.8. The summed E-state index contributed by atoms with van der Waals surface area (Å²) in [5.41, 5.74) is 3.06. The second-order valence-corrected chi connectivity index (χ2v) is 9.19. The van der Waals surface area contributed by atoms with Crippen LogP contribution in [0, 0.1) is 17.6 Å². The van der Waals surface area contributed by atoms with Crippen LogP contribution in [0.5, 0.6) is 5.75 Å². The molecule has 1 aliphatic rings. The van der Waals surface area contributed by atoms with Crippen molar-refractivity contribution in [2.24, 2.45) is 5.92 Å². The van der Waals surface area contributed by atoms with Crippen molar-refractivity contribution in [3.63, 3.8) is 0 Å². The third-order valence-corrected chi connectivity index (χ3v) is 6.76. The minimum Gasteiger partial charge on any atom is -0.423 e. The number of aliphatic hydroxyl groups excluding tert-OH is 1. The lowest BCUT2D eigenvalue weighted by Gasteiger charge is -2.47. The molecule has 0 bridgehead atoms. The number of rotatable bonds is 8. The van der Waals surface area contributed by atoms with Gasteiger partial charge in [0.1, 0.15) is 17.4 Å². The summed E-state index contributed by atoms with van der Waals surface area (Å²) in [5, 5.41) is 9.91. The van der Waals surface area contributed by atoms with Gasteiger partial charge in [0.05, 0.1) is 24.1 Å². The fourth-order valence-corrected chi connectivity index (χ4v) is 4.73. The average Bonchev–Trinajstić information content (AvgIpc) is 2.96. The van der Waals surface area contributed by atoms with Crippen LogP contribution in [0.3, 0.4) is 0 Å². The van der Waals surface area contributed by atoms with E-state index in [-0.39, 0.29) is 24.4 Å². The fourth-order valence-electron chi connectivity index (χ4n) is 4.73. The second kappa shape index (κ2) is 11.4. The summed E-state index contributed by atoms with van der Waals surface area (Å²) in [7, 11) is 0. The highest BCUT2D eigenvalue weighted by atomic mass is 19.1. The molecule has 1 N–H and O–H groups in total. The Labute approximate surface area is 224 Å². The summed E-state index contributed by atoms with van der Waals surface area (Å²) in [6.45, 7) is -0.264. The van der Waals surface area contributed by atoms with Crippen LogP contribution in [0.4, 0.5) is 14.5 Å². The maximum atomic E-state index is 13.6. The van der Waals surface area contributed by atoms with E-state index < -0.39 is 17.7 Å². The molecule has 4 aromatic rings. The highest BCUT2D eigenvalue weighted by Crippen LogP contribution is 2.46. The quantitative estimate of drug-likeness (QED) is 0.165. The molecule has 0 spiro atoms. The van der Waals surface area contributed by atoms with Gasteiger partial charge in [0, 0.05) is 5.69 Å². The normalized spacial score (nSPS) is 17.1. The first-order chi connectivity index (χ1) is 18.9. The van der Waals surface area contributed by atoms with Gasteiger partial charge < -0.3 is 14.7 Å². The van der Waals surface area contributed by atoms with Gasteiger partial charge in [-0.1, -0.05) is 48.5 Å². The van der Waals surface area contributed by atoms with Crippen molar-refractivity contribution in [1.29, 1.82) is 0 Å². The highest BCUT2D eigenvalue weighted by Gasteiger charge is 2.48. The number of β-lactam (4-membered cyclic amide) rings is 1. The molecular formula is C32H25F2NO4. The van der Waals surface area contributed by atoms with Gasteiger partial charge in [0.15, 0.2) is 0 Å². The largest absolute Gasteiger partial charge is 0.423 e. The Balaban J connectivity index is 1.40. The monoisotopic (exact) mass is 525 g/mol. The van der Waals surface area contributed by atoms with Crippen molar-refractivity contribution in [2.75, 3.05) is 11.5 Å². The van der Waals surface area contributed by atoms with Crippen molar-refractivity contribution in [3.8, 4) is 5.75 Å². The third-order valence-electron chi connectivity index (χ3n) is 6.76. The summed E-state index contributed by atoms with van der Waals surface area (Å²) < 4.78 is 32.4. The first kappa shape index (κ1) is 26.0. The summed E-state index contributed by atoms with van der Waals surface area (Å²) in [6, 6.07) is 26.7. The molecule has 5 rings (SSSR count). The topological polar surface area (TPSA) is 66.8 Å². The molecule has 1 amide bonds. The number of benzene rings is 4. The van der Waals surface area contributed by atoms with Crippen molar-refractivity contribution >= 4 is 23.1 Å². The molecular weight excluding hydrogens is 500 g/mol. The van der Waals surface area contributed by atoms with Crippen LogP contribution in [-0.4, -0.2) is 23.6 Å². The van der Waals surface area contributed by atoms with E-state index in [2.05, 4.69) is 0 Å². The maximum absolute atomic E-state index is 13.6. The van der Waals surface area contributed by atoms with Crippen LogP contribution < -0.4 is 9.64 Å². The molecule has 196 valence electrons. The van der Waals surface area contributed by atoms with Gasteiger partial charge in [-0.15, -0.1) is 0 Å². The lowest BCUT2D eigenvalue weighted by Crippen LogP contribution is -2.55. The van der Waals surface area contributed by atoms with Crippen molar-refractivity contribution in [2.45, 2.75) is 12.5 Å². The van der Waals surface area contributed by atoms with Crippen molar-refractivity contribution < 1.29 is 28.2 Å². The standard InChI is InChI=1S/C32H25F2NO4/c33-25-11-6-21(7-12-25)24(20-36)10-19-29-30(35(31(29)37)27-15-13-26(34)14-16-27)22-8-17-28(18-9-22)39-32(38)23-4-2-1-3-5-23/h1-18,29-30,36H,19-20H2/b24-10+/t29-,30-/m1/s1. The summed E-state index contributed by atoms with van der Waals surface area (Å²) in [4.78, 5) is 27.3. The van der Waals surface area contributed by atoms with E-state index in [1.165, 1.54) is 24.3 Å². The first-order valence-electron chi connectivity index (χ1n) is 12.5. The number of halogens is 2. The second-order valence-electron chi connectivity index (χ2n) is 9.19. The molecule has 5 nitrogen and oxygen atoms in total. The molecule has 4 aromatic carbocycles. The molecule has 1 saturated heterocycles. The molecule has 0 saturated carbocycles. The number of ether oxygens (including phenoxy) is 1. The molecule has 39 heavy (non-hydrogen) atoms. The molecule has 1 heterocycles. The number of carbonyl (C=O) groups excluding carboxylic acids is 2. The van der Waals surface area contributed by atoms with Crippen LogP contribution in [0.1, 0.15) is 33.9 Å². The number of carbonyl (C=O) groups is 2. The smallest absolute Gasteiger partial charge is 0.343 e. The molecule has 0 aliphatic carbocycles. The molecule has 2 atom stereocenters. The van der Waals surface area contributed by atoms with E-state index in [4.69, 9.17) is 4.74 Å². The number of esters is 1. The lowest BCUT2D eigenvalue weighted by atomic mass is 9.79. The fraction of sp³-hybridized carbons (Fsp3) is 0.125. The Hall–Kier alpha value is -4.62. The Morgan fingerprint density at radius 1 is 0.821 bits per heavy atom. The van der Waals surface area contributed by atoms with Crippen LogP contribution in [0.2, 0.25) is 0 Å². The number of allylic oxidation sites excluding steroid dienone is 1. The average molecular weight is 526 g/mol. The summed E-state index contributed by atoms with van der Waals surface area (Å²) in [6.07, 6.45) is 2.13. The summed E-state index contributed by atoms with van der Waals surface area (Å²) >= 11 is 0. The van der Waals surface area contributed by atoms with Gasteiger partial charge in [-0.05, 0) is 83.8 Å². The highest BCUT2D eigenvalue weighted by molar-refractivity contribution is 6.03. The molecule has 1 fully saturated rings. The van der Waals surface area contributed by atoms with Gasteiger partial charge >= 0.3 is 5.97 Å². The van der Waals surface area contributed by atoms with E-state index in [0.29, 0.717) is 34.6 Å². The molecule has 7 heteroatoms. The van der Waals surface area contributed by atoms with E-state index in [0.717, 1.165) is 5.56 Å². The van der Waals surface area contributed by atoms with Crippen LogP contribution >= 0.6 is 0 Å². The van der Waals surface area contributed by atoms with E-state index >= 15 is 0 Å². The molecule has 0 radical (unpaired) electrons. The molecule has 1 aliphatic heterocycles. The number of hydrogen-bond acceptors (Lipinski definition) is 4. The van der Waals surface area contributed by atoms with Gasteiger partial charge in [-0.3, -0.25) is 4.79 Å². The Bertz CT molecular complexity index is 1480. The maximum Gasteiger partial charge on any atom is 0.343 e. The zero-order valence-electron chi connectivity index (χ0n) is 20.8. The minimum absolute atomic E-state index is 0.140. The van der Waals surface area contributed by atoms with Gasteiger partial charge in [0.2, 0.25) is 5.91 Å². The van der Waals surface area contributed by atoms with Crippen molar-refractivity contribution in [3.05, 3.63) is 138 Å². The van der Waals surface area contributed by atoms with Gasteiger partial charge in [-0.2, -0.15) is 0 Å². The number of nitrogens with zero attached hydrogens (tertiary/aromatic N) is 1. The number of hydrogen-bond donors (Lipinski definition) is 1. The first-order valence-corrected chi connectivity index (χ1v) is 12.5. The lowest BCUT2D eigenvalue weighted by molar-refractivity contribution is -0.130. The Kier molecular flexibility index (Phi) is 7.61. The van der Waals surface area contributed by atoms with E-state index in [1.807, 2.05) is 6.07 Å². The van der Waals surface area contributed by atoms with Crippen molar-refractivity contribution in [1.82, 2.24) is 0 Å². The molecule has 0 unspecified atom stereocenters. The predicted molar refractivity (Wildman–Crippen MR) is 144 cm³/mol. The molecule has 0 aromatic heterocycles. The number of anilines is 1. The van der Waals surface area contributed by atoms with E-state index in [1.54, 1.807) is 83.8 Å². The number of aliphatic hydroxyl groups is 1. The number of amides is 1. The SMILES string of the molecule is O=C(Oc1ccc([C@@H]2[C@@H](C/C=C(\CO)c3ccc(F)cc3)C(=O)N2c2ccc(F)cc2)cc1)c1ccccc1. The van der Waals surface area contributed by atoms with Gasteiger partial charge in [0.25, 0.3) is 0 Å². The minimum atomic E-state index is -0.476. The Morgan fingerprint density at radius 2 is 1.44 bits per heavy atom. The van der Waals surface area contributed by atoms with Crippen LogP contribution in [0.15, 0.2) is 109 Å². The third kappa shape index (κ3) is 5.63. The van der Waals surface area contributed by atoms with Crippen LogP contribution in [-0.2, 0) is 4.79 Å². The predicted octanol–water partition coefficient (Wildman–Crippen LogP) is 6.35. The van der Waals surface area contributed by atoms with Gasteiger partial charge in [-0.25, -0.2) is 13.6 Å². The Morgan fingerprint density at radius 3 is 2.05 bits per heavy atom. The zero-order chi connectivity index (χ0) is 27.4. The van der Waals surface area contributed by atoms with E-state index in [9.17, 15) is 23.5 Å². The summed E-state index contributed by atoms with van der Waals surface area (Å²) in [5.74, 6) is -1.48. The van der Waals surface area contributed by atoms with Crippen LogP contribution in [0.25, 0.3) is 5.57 Å².